The maximum Gasteiger partial charge on any atom is 0.0158 e. The standard InChI is InChI=1S/C15H18I2/c1-2-6-15(13-7-4-3-5-8-13)14(9-11-16)10-12-17/h1,3-5,7-8,14-15H,6,9-12H2. The van der Waals surface area contributed by atoms with Crippen LogP contribution in [0.5, 0.6) is 0 Å². The van der Waals surface area contributed by atoms with Crippen LogP contribution in [0.2, 0.25) is 0 Å². The van der Waals surface area contributed by atoms with Gasteiger partial charge in [-0.1, -0.05) is 75.5 Å². The molecule has 17 heavy (non-hydrogen) atoms. The highest BCUT2D eigenvalue weighted by Gasteiger charge is 2.21. The molecule has 0 radical (unpaired) electrons. The molecule has 0 N–H and O–H groups in total. The summed E-state index contributed by atoms with van der Waals surface area (Å²) in [6.07, 6.45) is 8.94. The summed E-state index contributed by atoms with van der Waals surface area (Å²) in [5, 5.41) is 0. The number of halogens is 2. The summed E-state index contributed by atoms with van der Waals surface area (Å²) in [5.41, 5.74) is 1.41. The molecule has 1 aromatic rings. The van der Waals surface area contributed by atoms with E-state index in [1.807, 2.05) is 0 Å². The molecule has 0 aliphatic rings. The van der Waals surface area contributed by atoms with Crippen molar-refractivity contribution in [3.05, 3.63) is 35.9 Å². The number of benzene rings is 1. The van der Waals surface area contributed by atoms with E-state index in [0.29, 0.717) is 5.92 Å². The molecule has 0 bridgehead atoms. The zero-order valence-corrected chi connectivity index (χ0v) is 14.2. The molecule has 0 aliphatic carbocycles. The lowest BCUT2D eigenvalue weighted by Crippen LogP contribution is -2.14. The second-order valence-electron chi connectivity index (χ2n) is 4.14. The molecule has 0 nitrogen and oxygen atoms in total. The SMILES string of the molecule is C#CCC(c1ccccc1)C(CCI)CCI. The van der Waals surface area contributed by atoms with Crippen molar-refractivity contribution < 1.29 is 0 Å². The fourth-order valence-electron chi connectivity index (χ4n) is 2.21. The molecule has 0 saturated carbocycles. The summed E-state index contributed by atoms with van der Waals surface area (Å²) in [5.74, 6) is 4.12. The van der Waals surface area contributed by atoms with Crippen molar-refractivity contribution in [2.45, 2.75) is 25.2 Å². The molecule has 0 aliphatic heterocycles. The number of terminal acetylenes is 1. The van der Waals surface area contributed by atoms with Gasteiger partial charge in [0, 0.05) is 6.42 Å². The largest absolute Gasteiger partial charge is 0.120 e. The highest BCUT2D eigenvalue weighted by Crippen LogP contribution is 2.33. The average molecular weight is 452 g/mol. The van der Waals surface area contributed by atoms with E-state index in [4.69, 9.17) is 6.42 Å². The van der Waals surface area contributed by atoms with Crippen molar-refractivity contribution in [2.75, 3.05) is 8.86 Å². The third kappa shape index (κ3) is 5.17. The number of hydrogen-bond acceptors (Lipinski definition) is 0. The maximum absolute atomic E-state index is 5.54. The van der Waals surface area contributed by atoms with Gasteiger partial charge in [-0.3, -0.25) is 0 Å². The van der Waals surface area contributed by atoms with Crippen LogP contribution >= 0.6 is 45.2 Å². The summed E-state index contributed by atoms with van der Waals surface area (Å²) in [4.78, 5) is 0. The van der Waals surface area contributed by atoms with Gasteiger partial charge >= 0.3 is 0 Å². The smallest absolute Gasteiger partial charge is 0.0158 e. The second kappa shape index (κ2) is 9.21. The molecule has 1 rings (SSSR count). The van der Waals surface area contributed by atoms with E-state index in [-0.39, 0.29) is 0 Å². The van der Waals surface area contributed by atoms with Crippen molar-refractivity contribution in [2.24, 2.45) is 5.92 Å². The molecule has 0 spiro atoms. The number of rotatable bonds is 7. The van der Waals surface area contributed by atoms with Gasteiger partial charge in [0.1, 0.15) is 0 Å². The van der Waals surface area contributed by atoms with Crippen molar-refractivity contribution >= 4 is 45.2 Å². The lowest BCUT2D eigenvalue weighted by Gasteiger charge is -2.25. The van der Waals surface area contributed by atoms with E-state index >= 15 is 0 Å². The van der Waals surface area contributed by atoms with Crippen LogP contribution in [-0.2, 0) is 0 Å². The zero-order valence-electron chi connectivity index (χ0n) is 9.91. The van der Waals surface area contributed by atoms with Crippen LogP contribution in [0.25, 0.3) is 0 Å². The first-order chi connectivity index (χ1) is 8.33. The van der Waals surface area contributed by atoms with E-state index in [2.05, 4.69) is 81.4 Å². The summed E-state index contributed by atoms with van der Waals surface area (Å²) in [6.45, 7) is 0. The van der Waals surface area contributed by atoms with Gasteiger partial charge in [-0.2, -0.15) is 0 Å². The predicted molar refractivity (Wildman–Crippen MR) is 93.1 cm³/mol. The van der Waals surface area contributed by atoms with Crippen LogP contribution in [0, 0.1) is 18.3 Å². The first-order valence-corrected chi connectivity index (χ1v) is 8.99. The summed E-state index contributed by atoms with van der Waals surface area (Å²) in [6, 6.07) is 10.7. The summed E-state index contributed by atoms with van der Waals surface area (Å²) >= 11 is 4.94. The van der Waals surface area contributed by atoms with E-state index in [1.54, 1.807) is 0 Å². The topological polar surface area (TPSA) is 0 Å². The molecule has 2 heteroatoms. The van der Waals surface area contributed by atoms with Crippen molar-refractivity contribution in [3.63, 3.8) is 0 Å². The van der Waals surface area contributed by atoms with Crippen molar-refractivity contribution in [1.82, 2.24) is 0 Å². The van der Waals surface area contributed by atoms with E-state index in [1.165, 1.54) is 27.3 Å². The fraction of sp³-hybridized carbons (Fsp3) is 0.467. The minimum absolute atomic E-state index is 0.533. The minimum Gasteiger partial charge on any atom is -0.120 e. The highest BCUT2D eigenvalue weighted by molar-refractivity contribution is 14.1. The third-order valence-electron chi connectivity index (χ3n) is 3.09. The molecule has 0 heterocycles. The van der Waals surface area contributed by atoms with Crippen LogP contribution in [0.15, 0.2) is 30.3 Å². The predicted octanol–water partition coefficient (Wildman–Crippen LogP) is 5.06. The van der Waals surface area contributed by atoms with E-state index in [9.17, 15) is 0 Å². The van der Waals surface area contributed by atoms with Gasteiger partial charge in [0.2, 0.25) is 0 Å². The van der Waals surface area contributed by atoms with Crippen molar-refractivity contribution in [3.8, 4) is 12.3 Å². The second-order valence-corrected chi connectivity index (χ2v) is 6.30. The van der Waals surface area contributed by atoms with Crippen LogP contribution in [0.3, 0.4) is 0 Å². The molecular weight excluding hydrogens is 434 g/mol. The molecule has 1 atom stereocenters. The fourth-order valence-corrected chi connectivity index (χ4v) is 3.81. The maximum atomic E-state index is 5.54. The average Bonchev–Trinajstić information content (AvgIpc) is 2.37. The normalized spacial score (nSPS) is 12.4. The Morgan fingerprint density at radius 3 is 2.12 bits per heavy atom. The van der Waals surface area contributed by atoms with Crippen LogP contribution in [0.1, 0.15) is 30.7 Å². The summed E-state index contributed by atoms with van der Waals surface area (Å²) < 4.78 is 2.43. The quantitative estimate of drug-likeness (QED) is 0.309. The molecule has 1 unspecified atom stereocenters. The minimum atomic E-state index is 0.533. The Morgan fingerprint density at radius 2 is 1.65 bits per heavy atom. The van der Waals surface area contributed by atoms with Gasteiger partial charge in [-0.05, 0) is 39.1 Å². The molecule has 0 fully saturated rings. The monoisotopic (exact) mass is 452 g/mol. The van der Waals surface area contributed by atoms with Crippen LogP contribution < -0.4 is 0 Å². The Labute approximate surface area is 132 Å². The Balaban J connectivity index is 2.86. The van der Waals surface area contributed by atoms with Gasteiger partial charge in [-0.25, -0.2) is 0 Å². The molecule has 1 aromatic carbocycles. The Hall–Kier alpha value is 0.240. The van der Waals surface area contributed by atoms with E-state index < -0.39 is 0 Å². The molecular formula is C15H18I2. The van der Waals surface area contributed by atoms with Gasteiger partial charge < -0.3 is 0 Å². The number of alkyl halides is 2. The Morgan fingerprint density at radius 1 is 1.06 bits per heavy atom. The van der Waals surface area contributed by atoms with Crippen LogP contribution in [0.4, 0.5) is 0 Å². The Kier molecular flexibility index (Phi) is 8.29. The molecule has 0 saturated heterocycles. The van der Waals surface area contributed by atoms with Crippen molar-refractivity contribution in [1.29, 1.82) is 0 Å². The Bertz CT molecular complexity index is 334. The van der Waals surface area contributed by atoms with Gasteiger partial charge in [0.05, 0.1) is 0 Å². The lowest BCUT2D eigenvalue weighted by molar-refractivity contribution is 0.411. The first kappa shape index (κ1) is 15.3. The third-order valence-corrected chi connectivity index (χ3v) is 4.34. The molecule has 0 amide bonds. The van der Waals surface area contributed by atoms with Gasteiger partial charge in [0.15, 0.2) is 0 Å². The van der Waals surface area contributed by atoms with Gasteiger partial charge in [0.25, 0.3) is 0 Å². The van der Waals surface area contributed by atoms with Gasteiger partial charge in [-0.15, -0.1) is 12.3 Å². The molecule has 92 valence electrons. The molecule has 0 aromatic heterocycles. The lowest BCUT2D eigenvalue weighted by atomic mass is 9.81. The van der Waals surface area contributed by atoms with Crippen LogP contribution in [-0.4, -0.2) is 8.86 Å². The van der Waals surface area contributed by atoms with E-state index in [0.717, 1.165) is 12.3 Å². The number of hydrogen-bond donors (Lipinski definition) is 0. The highest BCUT2D eigenvalue weighted by atomic mass is 127. The zero-order chi connectivity index (χ0) is 12.5. The summed E-state index contributed by atoms with van der Waals surface area (Å²) in [7, 11) is 0. The first-order valence-electron chi connectivity index (χ1n) is 5.93.